The number of rotatable bonds is 5. The Labute approximate surface area is 195 Å². The topological polar surface area (TPSA) is 116 Å². The van der Waals surface area contributed by atoms with E-state index >= 15 is 0 Å². The number of hydrogen-bond acceptors (Lipinski definition) is 4. The van der Waals surface area contributed by atoms with Crippen LogP contribution in [0.15, 0.2) is 78.0 Å². The summed E-state index contributed by atoms with van der Waals surface area (Å²) in [5.74, 6) is -1.39. The van der Waals surface area contributed by atoms with Crippen LogP contribution < -0.4 is 5.73 Å². The highest BCUT2D eigenvalue weighted by Gasteiger charge is 2.42. The summed E-state index contributed by atoms with van der Waals surface area (Å²) in [5.41, 5.74) is 9.04. The Hall–Kier alpha value is -3.84. The minimum Gasteiger partial charge on any atom is -0.480 e. The van der Waals surface area contributed by atoms with Crippen LogP contribution in [0, 0.1) is 0 Å². The number of oxime groups is 1. The highest BCUT2D eigenvalue weighted by Crippen LogP contribution is 2.40. The number of carboxylic acid groups (broad SMARTS) is 1. The molecule has 7 nitrogen and oxygen atoms in total. The molecule has 1 heterocycles. The van der Waals surface area contributed by atoms with Gasteiger partial charge in [-0.05, 0) is 53.8 Å². The Kier molecular flexibility index (Phi) is 6.33. The second kappa shape index (κ2) is 9.34. The summed E-state index contributed by atoms with van der Waals surface area (Å²) >= 11 is 6.36. The van der Waals surface area contributed by atoms with Gasteiger partial charge in [0.2, 0.25) is 0 Å². The van der Waals surface area contributed by atoms with E-state index in [0.717, 1.165) is 16.7 Å². The van der Waals surface area contributed by atoms with Crippen molar-refractivity contribution in [2.75, 3.05) is 0 Å². The second-order valence-electron chi connectivity index (χ2n) is 7.82. The molecule has 3 aromatic rings. The lowest BCUT2D eigenvalue weighted by molar-refractivity contribution is -0.141. The third-order valence-electron chi connectivity index (χ3n) is 5.90. The molecule has 0 bridgehead atoms. The molecule has 168 valence electrons. The maximum Gasteiger partial charge on any atom is 0.326 e. The highest BCUT2D eigenvalue weighted by atomic mass is 35.5. The van der Waals surface area contributed by atoms with Crippen molar-refractivity contribution in [2.45, 2.75) is 24.9 Å². The molecule has 1 aliphatic rings. The third-order valence-corrected chi connectivity index (χ3v) is 6.24. The minimum absolute atomic E-state index is 0.00279. The Morgan fingerprint density at radius 2 is 1.67 bits per heavy atom. The first-order valence-corrected chi connectivity index (χ1v) is 10.8. The van der Waals surface area contributed by atoms with Crippen LogP contribution >= 0.6 is 11.6 Å². The number of aliphatic carboxylic acids is 1. The maximum atomic E-state index is 13.4. The molecule has 1 aliphatic heterocycles. The van der Waals surface area contributed by atoms with Crippen LogP contribution in [0.3, 0.4) is 0 Å². The van der Waals surface area contributed by atoms with Crippen molar-refractivity contribution in [3.05, 3.63) is 94.5 Å². The average molecular weight is 464 g/mol. The smallest absolute Gasteiger partial charge is 0.326 e. The summed E-state index contributed by atoms with van der Waals surface area (Å²) in [6, 6.07) is 20.0. The SMILES string of the molecule is N/C(=N/O)c1cccc(-c2ccc(C(=O)N3C(c4ccccc4Cl)CC[C@H]3C(=O)O)cc2)c1. The van der Waals surface area contributed by atoms with Crippen LogP contribution in [0.1, 0.15) is 40.4 Å². The first-order chi connectivity index (χ1) is 15.9. The Morgan fingerprint density at radius 1 is 0.939 bits per heavy atom. The van der Waals surface area contributed by atoms with Gasteiger partial charge in [0.15, 0.2) is 5.84 Å². The van der Waals surface area contributed by atoms with Crippen molar-refractivity contribution >= 4 is 29.3 Å². The van der Waals surface area contributed by atoms with E-state index in [1.807, 2.05) is 18.2 Å². The normalized spacial score (nSPS) is 18.3. The zero-order valence-corrected chi connectivity index (χ0v) is 18.3. The molecule has 4 rings (SSSR count). The van der Waals surface area contributed by atoms with E-state index in [2.05, 4.69) is 5.16 Å². The summed E-state index contributed by atoms with van der Waals surface area (Å²) in [6.07, 6.45) is 0.876. The standard InChI is InChI=1S/C25H22ClN3O4/c26-20-7-2-1-6-19(20)21-12-13-22(25(31)32)29(21)24(30)16-10-8-15(9-11-16)17-4-3-5-18(14-17)23(27)28-33/h1-11,14,21-22,33H,12-13H2,(H2,27,28)(H,31,32)/t21?,22-/m0/s1. The van der Waals surface area contributed by atoms with Gasteiger partial charge in [0.1, 0.15) is 6.04 Å². The van der Waals surface area contributed by atoms with Crippen molar-refractivity contribution in [3.63, 3.8) is 0 Å². The molecule has 0 aliphatic carbocycles. The van der Waals surface area contributed by atoms with Gasteiger partial charge in [0, 0.05) is 16.1 Å². The number of carboxylic acids is 1. The molecule has 0 aromatic heterocycles. The van der Waals surface area contributed by atoms with Gasteiger partial charge in [0.25, 0.3) is 5.91 Å². The Balaban J connectivity index is 1.65. The lowest BCUT2D eigenvalue weighted by Gasteiger charge is -2.29. The average Bonchev–Trinajstić information content (AvgIpc) is 3.29. The van der Waals surface area contributed by atoms with E-state index in [1.54, 1.807) is 54.6 Å². The van der Waals surface area contributed by atoms with E-state index in [9.17, 15) is 14.7 Å². The fraction of sp³-hybridized carbons (Fsp3) is 0.160. The molecule has 3 aromatic carbocycles. The van der Waals surface area contributed by atoms with Crippen molar-refractivity contribution in [2.24, 2.45) is 10.9 Å². The van der Waals surface area contributed by atoms with E-state index in [-0.39, 0.29) is 11.7 Å². The van der Waals surface area contributed by atoms with Gasteiger partial charge in [0.05, 0.1) is 6.04 Å². The largest absolute Gasteiger partial charge is 0.480 e. The number of amides is 1. The number of carbonyl (C=O) groups excluding carboxylic acids is 1. The van der Waals surface area contributed by atoms with Crippen LogP contribution in [0.5, 0.6) is 0 Å². The fourth-order valence-corrected chi connectivity index (χ4v) is 4.52. The molecule has 1 saturated heterocycles. The van der Waals surface area contributed by atoms with Crippen LogP contribution in [-0.2, 0) is 4.79 Å². The number of nitrogens with two attached hydrogens (primary N) is 1. The van der Waals surface area contributed by atoms with Crippen LogP contribution in [0.25, 0.3) is 11.1 Å². The number of halogens is 1. The molecule has 33 heavy (non-hydrogen) atoms. The maximum absolute atomic E-state index is 13.4. The minimum atomic E-state index is -1.03. The molecule has 0 spiro atoms. The van der Waals surface area contributed by atoms with Gasteiger partial charge in [-0.25, -0.2) is 4.79 Å². The third kappa shape index (κ3) is 4.40. The summed E-state index contributed by atoms with van der Waals surface area (Å²) in [6.45, 7) is 0. The zero-order valence-electron chi connectivity index (χ0n) is 17.6. The Bertz CT molecular complexity index is 1230. The molecule has 4 N–H and O–H groups in total. The van der Waals surface area contributed by atoms with E-state index in [1.165, 1.54) is 4.90 Å². The van der Waals surface area contributed by atoms with Gasteiger partial charge in [-0.2, -0.15) is 0 Å². The predicted octanol–water partition coefficient (Wildman–Crippen LogP) is 4.53. The molecular formula is C25H22ClN3O4. The van der Waals surface area contributed by atoms with Gasteiger partial charge in [-0.15, -0.1) is 0 Å². The van der Waals surface area contributed by atoms with Gasteiger partial charge in [-0.3, -0.25) is 4.79 Å². The molecular weight excluding hydrogens is 442 g/mol. The lowest BCUT2D eigenvalue weighted by Crippen LogP contribution is -2.41. The summed E-state index contributed by atoms with van der Waals surface area (Å²) in [4.78, 5) is 26.8. The van der Waals surface area contributed by atoms with Gasteiger partial charge in [-0.1, -0.05) is 65.3 Å². The van der Waals surface area contributed by atoms with E-state index in [4.69, 9.17) is 22.5 Å². The quantitative estimate of drug-likeness (QED) is 0.222. The summed E-state index contributed by atoms with van der Waals surface area (Å²) in [7, 11) is 0. The van der Waals surface area contributed by atoms with Gasteiger partial charge >= 0.3 is 5.97 Å². The molecule has 0 saturated carbocycles. The van der Waals surface area contributed by atoms with Crippen molar-refractivity contribution in [1.82, 2.24) is 4.90 Å². The zero-order chi connectivity index (χ0) is 23.5. The van der Waals surface area contributed by atoms with Gasteiger partial charge < -0.3 is 20.9 Å². The number of nitrogens with zero attached hydrogens (tertiary/aromatic N) is 2. The van der Waals surface area contributed by atoms with E-state index in [0.29, 0.717) is 29.0 Å². The number of carbonyl (C=O) groups is 2. The second-order valence-corrected chi connectivity index (χ2v) is 8.23. The van der Waals surface area contributed by atoms with Crippen LogP contribution in [-0.4, -0.2) is 39.0 Å². The van der Waals surface area contributed by atoms with Crippen LogP contribution in [0.2, 0.25) is 5.02 Å². The number of benzene rings is 3. The molecule has 0 radical (unpaired) electrons. The summed E-state index contributed by atoms with van der Waals surface area (Å²) < 4.78 is 0. The first kappa shape index (κ1) is 22.4. The molecule has 1 fully saturated rings. The first-order valence-electron chi connectivity index (χ1n) is 10.4. The lowest BCUT2D eigenvalue weighted by atomic mass is 10.0. The monoisotopic (exact) mass is 463 g/mol. The molecule has 1 amide bonds. The number of hydrogen-bond donors (Lipinski definition) is 3. The predicted molar refractivity (Wildman–Crippen MR) is 125 cm³/mol. The van der Waals surface area contributed by atoms with Crippen molar-refractivity contribution < 1.29 is 19.9 Å². The molecule has 8 heteroatoms. The molecule has 1 unspecified atom stereocenters. The van der Waals surface area contributed by atoms with E-state index < -0.39 is 18.1 Å². The van der Waals surface area contributed by atoms with Crippen LogP contribution in [0.4, 0.5) is 0 Å². The van der Waals surface area contributed by atoms with Crippen molar-refractivity contribution in [3.8, 4) is 11.1 Å². The molecule has 2 atom stereocenters. The summed E-state index contributed by atoms with van der Waals surface area (Å²) in [5, 5.41) is 22.2. The number of likely N-dealkylation sites (tertiary alicyclic amines) is 1. The fourth-order valence-electron chi connectivity index (χ4n) is 4.26. The number of amidine groups is 1. The Morgan fingerprint density at radius 3 is 2.33 bits per heavy atom. The highest BCUT2D eigenvalue weighted by molar-refractivity contribution is 6.31. The van der Waals surface area contributed by atoms with Crippen molar-refractivity contribution in [1.29, 1.82) is 0 Å².